The van der Waals surface area contributed by atoms with Gasteiger partial charge in [-0.1, -0.05) is 88.7 Å². The van der Waals surface area contributed by atoms with Crippen molar-refractivity contribution in [3.63, 3.8) is 0 Å². The van der Waals surface area contributed by atoms with E-state index in [1.165, 1.54) is 59.1 Å². The van der Waals surface area contributed by atoms with Crippen LogP contribution in [0.2, 0.25) is 0 Å². The zero-order valence-electron chi connectivity index (χ0n) is 20.6. The molecule has 0 aliphatic rings. The third kappa shape index (κ3) is 8.13. The normalized spacial score (nSPS) is 14.2. The highest BCUT2D eigenvalue weighted by atomic mass is 14.2. The number of hydrogen-bond acceptors (Lipinski definition) is 0. The Balaban J connectivity index is 1.98. The van der Waals surface area contributed by atoms with Crippen molar-refractivity contribution in [1.29, 1.82) is 0 Å². The summed E-state index contributed by atoms with van der Waals surface area (Å²) in [6, 6.07) is 16.1. The van der Waals surface area contributed by atoms with E-state index in [-0.39, 0.29) is 0 Å². The molecule has 2 atom stereocenters. The van der Waals surface area contributed by atoms with Gasteiger partial charge in [-0.25, -0.2) is 0 Å². The first kappa shape index (κ1) is 24.4. The van der Waals surface area contributed by atoms with Crippen molar-refractivity contribution in [3.8, 4) is 0 Å². The first-order valence-corrected chi connectivity index (χ1v) is 12.1. The van der Waals surface area contributed by atoms with Gasteiger partial charge in [0, 0.05) is 0 Å². The molecule has 0 radical (unpaired) electrons. The van der Waals surface area contributed by atoms with E-state index in [4.69, 9.17) is 0 Å². The van der Waals surface area contributed by atoms with Crippen LogP contribution in [0.4, 0.5) is 0 Å². The Hall–Kier alpha value is -1.82. The Labute approximate surface area is 186 Å². The molecule has 0 heteroatoms. The second-order valence-electron chi connectivity index (χ2n) is 10.1. The summed E-state index contributed by atoms with van der Waals surface area (Å²) in [5.74, 6) is 2.46. The Kier molecular flexibility index (Phi) is 9.89. The largest absolute Gasteiger partial charge is 0.0807 e. The molecule has 0 saturated heterocycles. The van der Waals surface area contributed by atoms with Crippen LogP contribution in [0.5, 0.6) is 0 Å². The molecule has 0 amide bonds. The monoisotopic (exact) mass is 404 g/mol. The van der Waals surface area contributed by atoms with Gasteiger partial charge in [0.2, 0.25) is 0 Å². The molecule has 30 heavy (non-hydrogen) atoms. The van der Waals surface area contributed by atoms with E-state index in [0.29, 0.717) is 0 Å². The Bertz CT molecular complexity index is 791. The van der Waals surface area contributed by atoms with E-state index >= 15 is 0 Å². The molecule has 0 saturated carbocycles. The summed E-state index contributed by atoms with van der Waals surface area (Å²) in [4.78, 5) is 0. The molecule has 2 aromatic rings. The fourth-order valence-corrected chi connectivity index (χ4v) is 4.74. The number of rotatable bonds is 11. The Morgan fingerprint density at radius 2 is 1.57 bits per heavy atom. The minimum Gasteiger partial charge on any atom is -0.0807 e. The molecule has 2 unspecified atom stereocenters. The maximum atomic E-state index is 2.43. The van der Waals surface area contributed by atoms with Gasteiger partial charge in [0.25, 0.3) is 0 Å². The minimum atomic E-state index is 0.805. The van der Waals surface area contributed by atoms with Gasteiger partial charge in [-0.05, 0) is 98.0 Å². The predicted octanol–water partition coefficient (Wildman–Crippen LogP) is 8.98. The molecule has 0 nitrogen and oxygen atoms in total. The number of benzene rings is 2. The van der Waals surface area contributed by atoms with Crippen molar-refractivity contribution in [2.45, 2.75) is 87.0 Å². The summed E-state index contributed by atoms with van der Waals surface area (Å²) in [5, 5.41) is 0. The highest BCUT2D eigenvalue weighted by Crippen LogP contribution is 2.26. The van der Waals surface area contributed by atoms with Gasteiger partial charge >= 0.3 is 0 Å². The molecule has 0 bridgehead atoms. The molecular formula is C30H44. The van der Waals surface area contributed by atoms with Crippen LogP contribution in [0.3, 0.4) is 0 Å². The predicted molar refractivity (Wildman–Crippen MR) is 135 cm³/mol. The molecule has 0 spiro atoms. The summed E-state index contributed by atoms with van der Waals surface area (Å²) in [5.41, 5.74) is 8.51. The van der Waals surface area contributed by atoms with E-state index in [1.807, 2.05) is 0 Å². The molecule has 0 N–H and O–H groups in total. The van der Waals surface area contributed by atoms with Crippen molar-refractivity contribution in [2.24, 2.45) is 17.8 Å². The lowest BCUT2D eigenvalue weighted by Crippen LogP contribution is -2.07. The molecule has 2 aromatic carbocycles. The van der Waals surface area contributed by atoms with E-state index in [0.717, 1.165) is 30.6 Å². The van der Waals surface area contributed by atoms with Crippen molar-refractivity contribution in [3.05, 3.63) is 76.4 Å². The summed E-state index contributed by atoms with van der Waals surface area (Å²) in [6.07, 6.45) is 9.69. The Morgan fingerprint density at radius 1 is 0.867 bits per heavy atom. The van der Waals surface area contributed by atoms with Crippen LogP contribution >= 0.6 is 0 Å². The van der Waals surface area contributed by atoms with Crippen LogP contribution in [0.15, 0.2) is 48.5 Å². The van der Waals surface area contributed by atoms with E-state index in [2.05, 4.69) is 97.0 Å². The van der Waals surface area contributed by atoms with Crippen LogP contribution in [0, 0.1) is 31.6 Å². The van der Waals surface area contributed by atoms with Gasteiger partial charge in [-0.2, -0.15) is 0 Å². The van der Waals surface area contributed by atoms with Crippen LogP contribution in [0.1, 0.15) is 88.1 Å². The second-order valence-corrected chi connectivity index (χ2v) is 10.1. The first-order valence-electron chi connectivity index (χ1n) is 12.1. The van der Waals surface area contributed by atoms with Gasteiger partial charge in [0.1, 0.15) is 0 Å². The van der Waals surface area contributed by atoms with Crippen molar-refractivity contribution in [1.82, 2.24) is 0 Å². The molecule has 0 aliphatic heterocycles. The third-order valence-electron chi connectivity index (χ3n) is 6.27. The standard InChI is InChI=1S/C30H44/c1-8-9-30(28-15-11-23(4)12-16-28)21-29-17-14-27(20-26(29)7)13-10-24(5)19-25(6)18-22(2)3/h9,11-12,14-17,20,22,24-25H,8,10,13,18-19,21H2,1-7H3. The lowest BCUT2D eigenvalue weighted by atomic mass is 9.87. The third-order valence-corrected chi connectivity index (χ3v) is 6.27. The highest BCUT2D eigenvalue weighted by molar-refractivity contribution is 5.68. The molecule has 0 fully saturated rings. The summed E-state index contributed by atoms with van der Waals surface area (Å²) >= 11 is 0. The number of allylic oxidation sites excluding steroid dienone is 2. The zero-order valence-corrected chi connectivity index (χ0v) is 20.6. The smallest absolute Gasteiger partial charge is 0.00204 e. The van der Waals surface area contributed by atoms with Crippen LogP contribution in [-0.4, -0.2) is 0 Å². The second kappa shape index (κ2) is 12.1. The number of aryl methyl sites for hydroxylation is 3. The summed E-state index contributed by atoms with van der Waals surface area (Å²) in [6.45, 7) is 16.2. The number of hydrogen-bond donors (Lipinski definition) is 0. The summed E-state index contributed by atoms with van der Waals surface area (Å²) < 4.78 is 0. The maximum absolute atomic E-state index is 2.43. The van der Waals surface area contributed by atoms with E-state index < -0.39 is 0 Å². The fourth-order valence-electron chi connectivity index (χ4n) is 4.74. The van der Waals surface area contributed by atoms with Crippen molar-refractivity contribution >= 4 is 5.57 Å². The fraction of sp³-hybridized carbons (Fsp3) is 0.533. The van der Waals surface area contributed by atoms with Gasteiger partial charge in [0.05, 0.1) is 0 Å². The lowest BCUT2D eigenvalue weighted by Gasteiger charge is -2.19. The molecule has 164 valence electrons. The van der Waals surface area contributed by atoms with Gasteiger partial charge in [-0.3, -0.25) is 0 Å². The van der Waals surface area contributed by atoms with Crippen molar-refractivity contribution < 1.29 is 0 Å². The van der Waals surface area contributed by atoms with Crippen LogP contribution < -0.4 is 0 Å². The molecule has 0 heterocycles. The highest BCUT2D eigenvalue weighted by Gasteiger charge is 2.11. The topological polar surface area (TPSA) is 0 Å². The van der Waals surface area contributed by atoms with E-state index in [1.54, 1.807) is 0 Å². The zero-order chi connectivity index (χ0) is 22.1. The molecule has 0 aliphatic carbocycles. The SMILES string of the molecule is CCC=C(Cc1ccc(CCC(C)CC(C)CC(C)C)cc1C)c1ccc(C)cc1. The maximum Gasteiger partial charge on any atom is -0.00204 e. The minimum absolute atomic E-state index is 0.805. The van der Waals surface area contributed by atoms with Crippen LogP contribution in [-0.2, 0) is 12.8 Å². The summed E-state index contributed by atoms with van der Waals surface area (Å²) in [7, 11) is 0. The van der Waals surface area contributed by atoms with Gasteiger partial charge in [0.15, 0.2) is 0 Å². The van der Waals surface area contributed by atoms with Crippen LogP contribution in [0.25, 0.3) is 5.57 Å². The van der Waals surface area contributed by atoms with Gasteiger partial charge < -0.3 is 0 Å². The van der Waals surface area contributed by atoms with Crippen molar-refractivity contribution in [2.75, 3.05) is 0 Å². The molecule has 2 rings (SSSR count). The molecular weight excluding hydrogens is 360 g/mol. The quantitative estimate of drug-likeness (QED) is 0.350. The average molecular weight is 405 g/mol. The Morgan fingerprint density at radius 3 is 2.17 bits per heavy atom. The van der Waals surface area contributed by atoms with E-state index in [9.17, 15) is 0 Å². The van der Waals surface area contributed by atoms with Gasteiger partial charge in [-0.15, -0.1) is 0 Å². The average Bonchev–Trinajstić information content (AvgIpc) is 2.67. The lowest BCUT2D eigenvalue weighted by molar-refractivity contribution is 0.344. The first-order chi connectivity index (χ1) is 14.3. The molecule has 0 aromatic heterocycles.